The Bertz CT molecular complexity index is 927. The highest BCUT2D eigenvalue weighted by atomic mass is 16.1. The predicted molar refractivity (Wildman–Crippen MR) is 92.1 cm³/mol. The highest BCUT2D eigenvalue weighted by Gasteiger charge is 2.13. The number of hydrogen-bond donors (Lipinski definition) is 2. The normalized spacial score (nSPS) is 10.5. The molecule has 0 saturated carbocycles. The molecule has 0 radical (unpaired) electrons. The maximum atomic E-state index is 12.3. The second-order valence-electron chi connectivity index (χ2n) is 5.28. The summed E-state index contributed by atoms with van der Waals surface area (Å²) in [5.74, 6) is -0.731. The number of aromatic nitrogens is 1. The van der Waals surface area contributed by atoms with Gasteiger partial charge in [0.15, 0.2) is 5.96 Å². The maximum absolute atomic E-state index is 12.3. The van der Waals surface area contributed by atoms with Gasteiger partial charge in [-0.05, 0) is 25.1 Å². The lowest BCUT2D eigenvalue weighted by molar-refractivity contribution is 0.100. The second kappa shape index (κ2) is 5.88. The third kappa shape index (κ3) is 3.03. The largest absolute Gasteiger partial charge is 0.370 e. The van der Waals surface area contributed by atoms with Gasteiger partial charge in [0.2, 0.25) is 0 Å². The summed E-state index contributed by atoms with van der Waals surface area (Å²) >= 11 is 0. The number of carbonyl (C=O) groups is 1. The Morgan fingerprint density at radius 1 is 1.04 bits per heavy atom. The van der Waals surface area contributed by atoms with Crippen LogP contribution in [0.2, 0.25) is 0 Å². The minimum Gasteiger partial charge on any atom is -0.370 e. The molecule has 0 saturated heterocycles. The predicted octanol–water partition coefficient (Wildman–Crippen LogP) is 2.62. The van der Waals surface area contributed by atoms with Crippen molar-refractivity contribution in [2.24, 2.45) is 16.5 Å². The molecule has 0 fully saturated rings. The quantitative estimate of drug-likeness (QED) is 0.562. The average molecular weight is 304 g/mol. The molecule has 0 aliphatic carbocycles. The second-order valence-corrected chi connectivity index (χ2v) is 5.28. The number of aryl methyl sites for hydroxylation is 1. The van der Waals surface area contributed by atoms with Crippen molar-refractivity contribution in [3.05, 3.63) is 65.7 Å². The van der Waals surface area contributed by atoms with E-state index in [9.17, 15) is 4.79 Å². The van der Waals surface area contributed by atoms with Gasteiger partial charge in [0.05, 0.1) is 16.8 Å². The first-order valence-corrected chi connectivity index (χ1v) is 7.15. The molecule has 2 aromatic carbocycles. The summed E-state index contributed by atoms with van der Waals surface area (Å²) in [5.41, 5.74) is 14.6. The highest BCUT2D eigenvalue weighted by Crippen LogP contribution is 2.25. The molecule has 5 nitrogen and oxygen atoms in total. The van der Waals surface area contributed by atoms with Crippen molar-refractivity contribution >= 4 is 22.8 Å². The fourth-order valence-corrected chi connectivity index (χ4v) is 2.48. The number of guanidine groups is 1. The minimum absolute atomic E-state index is 0.256. The molecule has 1 heterocycles. The molecule has 1 amide bonds. The topological polar surface area (TPSA) is 94.4 Å². The fraction of sp³-hybridized carbons (Fsp3) is 0.0556. The van der Waals surface area contributed by atoms with Gasteiger partial charge in [-0.25, -0.2) is 4.98 Å². The number of pyridine rings is 1. The molecule has 0 aliphatic rings. The molecule has 4 N–H and O–H groups in total. The van der Waals surface area contributed by atoms with Gasteiger partial charge in [0, 0.05) is 10.9 Å². The van der Waals surface area contributed by atoms with Crippen LogP contribution in [0.15, 0.2) is 59.6 Å². The van der Waals surface area contributed by atoms with Crippen LogP contribution < -0.4 is 11.5 Å². The summed E-state index contributed by atoms with van der Waals surface area (Å²) < 4.78 is 0. The number of rotatable bonds is 2. The maximum Gasteiger partial charge on any atom is 0.280 e. The van der Waals surface area contributed by atoms with Crippen LogP contribution in [0.5, 0.6) is 0 Å². The lowest BCUT2D eigenvalue weighted by Crippen LogP contribution is -2.24. The Labute approximate surface area is 133 Å². The molecule has 0 bridgehead atoms. The SMILES string of the molecule is Cc1cccc(-c2cc(C(=O)N=C(N)N)c3ccccc3n2)c1. The van der Waals surface area contributed by atoms with Crippen LogP contribution in [0, 0.1) is 6.92 Å². The molecule has 23 heavy (non-hydrogen) atoms. The molecule has 0 aliphatic heterocycles. The molecule has 0 spiro atoms. The van der Waals surface area contributed by atoms with Crippen molar-refractivity contribution in [1.82, 2.24) is 4.98 Å². The molecule has 0 atom stereocenters. The summed E-state index contributed by atoms with van der Waals surface area (Å²) in [7, 11) is 0. The molecule has 0 unspecified atom stereocenters. The lowest BCUT2D eigenvalue weighted by atomic mass is 10.0. The van der Waals surface area contributed by atoms with Gasteiger partial charge in [0.1, 0.15) is 0 Å². The van der Waals surface area contributed by atoms with Crippen molar-refractivity contribution in [3.63, 3.8) is 0 Å². The first-order valence-electron chi connectivity index (χ1n) is 7.15. The average Bonchev–Trinajstić information content (AvgIpc) is 2.53. The van der Waals surface area contributed by atoms with Crippen LogP contribution in [0.25, 0.3) is 22.2 Å². The van der Waals surface area contributed by atoms with Crippen LogP contribution in [-0.2, 0) is 0 Å². The molecule has 1 aromatic heterocycles. The summed E-state index contributed by atoms with van der Waals surface area (Å²) in [5, 5.41) is 0.721. The molecule has 3 rings (SSSR count). The third-order valence-electron chi connectivity index (χ3n) is 3.49. The number of carbonyl (C=O) groups excluding carboxylic acids is 1. The van der Waals surface area contributed by atoms with Crippen molar-refractivity contribution in [2.45, 2.75) is 6.92 Å². The molecule has 3 aromatic rings. The zero-order chi connectivity index (χ0) is 16.4. The van der Waals surface area contributed by atoms with Crippen molar-refractivity contribution in [1.29, 1.82) is 0 Å². The Hall–Kier alpha value is -3.21. The zero-order valence-electron chi connectivity index (χ0n) is 12.7. The Morgan fingerprint density at radius 2 is 1.83 bits per heavy atom. The lowest BCUT2D eigenvalue weighted by Gasteiger charge is -2.08. The van der Waals surface area contributed by atoms with E-state index >= 15 is 0 Å². The van der Waals surface area contributed by atoms with Gasteiger partial charge < -0.3 is 11.5 Å². The fourth-order valence-electron chi connectivity index (χ4n) is 2.48. The first kappa shape index (κ1) is 14.7. The van der Waals surface area contributed by atoms with Gasteiger partial charge in [-0.1, -0.05) is 42.0 Å². The van der Waals surface area contributed by atoms with Crippen LogP contribution in [0.3, 0.4) is 0 Å². The number of fused-ring (bicyclic) bond motifs is 1. The summed E-state index contributed by atoms with van der Waals surface area (Å²) in [6, 6.07) is 17.1. The molecular formula is C18H16N4O. The zero-order valence-corrected chi connectivity index (χ0v) is 12.7. The van der Waals surface area contributed by atoms with Crippen LogP contribution in [0.4, 0.5) is 0 Å². The number of hydrogen-bond acceptors (Lipinski definition) is 2. The molecular weight excluding hydrogens is 288 g/mol. The van der Waals surface area contributed by atoms with E-state index in [1.807, 2.05) is 55.5 Å². The third-order valence-corrected chi connectivity index (χ3v) is 3.49. The minimum atomic E-state index is -0.475. The highest BCUT2D eigenvalue weighted by molar-refractivity contribution is 6.10. The Morgan fingerprint density at radius 3 is 2.57 bits per heavy atom. The monoisotopic (exact) mass is 304 g/mol. The Balaban J connectivity index is 2.26. The number of para-hydroxylation sites is 1. The van der Waals surface area contributed by atoms with Crippen molar-refractivity contribution in [3.8, 4) is 11.3 Å². The summed E-state index contributed by atoms with van der Waals surface area (Å²) in [4.78, 5) is 20.6. The van der Waals surface area contributed by atoms with Gasteiger partial charge in [-0.15, -0.1) is 0 Å². The number of benzene rings is 2. The smallest absolute Gasteiger partial charge is 0.280 e. The van der Waals surface area contributed by atoms with Gasteiger partial charge in [-0.3, -0.25) is 4.79 Å². The van der Waals surface area contributed by atoms with E-state index in [1.54, 1.807) is 6.07 Å². The number of nitrogens with two attached hydrogens (primary N) is 2. The van der Waals surface area contributed by atoms with Crippen molar-refractivity contribution in [2.75, 3.05) is 0 Å². The molecule has 5 heteroatoms. The van der Waals surface area contributed by atoms with E-state index in [2.05, 4.69) is 9.98 Å². The van der Waals surface area contributed by atoms with Crippen LogP contribution in [0.1, 0.15) is 15.9 Å². The number of amides is 1. The Kier molecular flexibility index (Phi) is 3.76. The van der Waals surface area contributed by atoms with E-state index in [0.717, 1.165) is 22.0 Å². The first-order chi connectivity index (χ1) is 11.0. The van der Waals surface area contributed by atoms with E-state index in [-0.39, 0.29) is 5.96 Å². The molecule has 114 valence electrons. The number of aliphatic imine (C=N–C) groups is 1. The summed E-state index contributed by atoms with van der Waals surface area (Å²) in [6.45, 7) is 2.01. The van der Waals surface area contributed by atoms with Gasteiger partial charge in [-0.2, -0.15) is 4.99 Å². The van der Waals surface area contributed by atoms with E-state index in [0.29, 0.717) is 11.3 Å². The van der Waals surface area contributed by atoms with Gasteiger partial charge >= 0.3 is 0 Å². The van der Waals surface area contributed by atoms with E-state index in [4.69, 9.17) is 11.5 Å². The van der Waals surface area contributed by atoms with Gasteiger partial charge in [0.25, 0.3) is 5.91 Å². The van der Waals surface area contributed by atoms with E-state index < -0.39 is 5.91 Å². The van der Waals surface area contributed by atoms with E-state index in [1.165, 1.54) is 0 Å². The van der Waals surface area contributed by atoms with Crippen LogP contribution in [-0.4, -0.2) is 16.9 Å². The van der Waals surface area contributed by atoms with Crippen LogP contribution >= 0.6 is 0 Å². The standard InChI is InChI=1S/C18H16N4O/c1-11-5-4-6-12(9-11)16-10-14(17(23)22-18(19)20)13-7-2-3-8-15(13)21-16/h2-10H,1H3,(H4,19,20,22,23). The van der Waals surface area contributed by atoms with Crippen molar-refractivity contribution < 1.29 is 4.79 Å². The number of nitrogens with zero attached hydrogens (tertiary/aromatic N) is 2. The summed E-state index contributed by atoms with van der Waals surface area (Å²) in [6.07, 6.45) is 0.